The molecule has 0 spiro atoms. The number of hydrogen-bond acceptors (Lipinski definition) is 4. The van der Waals surface area contributed by atoms with Gasteiger partial charge in [-0.15, -0.1) is 0 Å². The van der Waals surface area contributed by atoms with Crippen molar-refractivity contribution in [3.63, 3.8) is 0 Å². The number of pyridine rings is 1. The van der Waals surface area contributed by atoms with Crippen LogP contribution >= 0.6 is 23.4 Å². The first-order chi connectivity index (χ1) is 7.28. The van der Waals surface area contributed by atoms with E-state index >= 15 is 0 Å². The average Bonchev–Trinajstić information content (AvgIpc) is 2.69. The van der Waals surface area contributed by atoms with Crippen molar-refractivity contribution in [3.05, 3.63) is 41.2 Å². The Hall–Kier alpha value is -1.26. The molecule has 0 N–H and O–H groups in total. The van der Waals surface area contributed by atoms with Gasteiger partial charge in [0.25, 0.3) is 0 Å². The van der Waals surface area contributed by atoms with Crippen LogP contribution in [0.15, 0.2) is 45.0 Å². The van der Waals surface area contributed by atoms with Crippen LogP contribution in [0.4, 0.5) is 0 Å². The number of rotatable bonds is 3. The van der Waals surface area contributed by atoms with E-state index in [1.54, 1.807) is 30.5 Å². The topological polar surface area (TPSA) is 43.1 Å². The molecule has 0 amide bonds. The predicted octanol–water partition coefficient (Wildman–Crippen LogP) is 3.29. The minimum atomic E-state index is 0.312. The number of nitrogens with zero attached hydrogens (tertiary/aromatic N) is 1. The van der Waals surface area contributed by atoms with Gasteiger partial charge < -0.3 is 4.42 Å². The van der Waals surface area contributed by atoms with Gasteiger partial charge in [0.2, 0.25) is 0 Å². The van der Waals surface area contributed by atoms with Gasteiger partial charge in [0.1, 0.15) is 5.03 Å². The summed E-state index contributed by atoms with van der Waals surface area (Å²) in [5.74, 6) is 0.312. The van der Waals surface area contributed by atoms with Crippen molar-refractivity contribution in [2.45, 2.75) is 10.1 Å². The molecule has 0 aromatic carbocycles. The van der Waals surface area contributed by atoms with Crippen LogP contribution in [-0.2, 0) is 0 Å². The Labute approximate surface area is 95.5 Å². The van der Waals surface area contributed by atoms with E-state index in [1.165, 1.54) is 11.8 Å². The van der Waals surface area contributed by atoms with Crippen LogP contribution in [0.2, 0.25) is 5.02 Å². The highest BCUT2D eigenvalue weighted by Crippen LogP contribution is 2.27. The fourth-order valence-electron chi connectivity index (χ4n) is 0.978. The molecular formula is C10H6ClNO2S. The summed E-state index contributed by atoms with van der Waals surface area (Å²) in [6.45, 7) is 0. The molecule has 2 rings (SSSR count). The molecule has 0 saturated carbocycles. The zero-order valence-electron chi connectivity index (χ0n) is 7.51. The monoisotopic (exact) mass is 239 g/mol. The van der Waals surface area contributed by atoms with Gasteiger partial charge in [0.05, 0.1) is 5.02 Å². The van der Waals surface area contributed by atoms with Crippen molar-refractivity contribution < 1.29 is 9.21 Å². The van der Waals surface area contributed by atoms with Crippen LogP contribution in [-0.4, -0.2) is 11.3 Å². The molecule has 0 atom stereocenters. The predicted molar refractivity (Wildman–Crippen MR) is 57.5 cm³/mol. The molecule has 15 heavy (non-hydrogen) atoms. The first-order valence-corrected chi connectivity index (χ1v) is 5.32. The van der Waals surface area contributed by atoms with E-state index in [2.05, 4.69) is 4.98 Å². The van der Waals surface area contributed by atoms with Crippen molar-refractivity contribution in [1.82, 2.24) is 4.98 Å². The number of aldehydes is 1. The van der Waals surface area contributed by atoms with Gasteiger partial charge in [0, 0.05) is 6.20 Å². The second-order valence-electron chi connectivity index (χ2n) is 2.69. The van der Waals surface area contributed by atoms with Crippen LogP contribution in [0.1, 0.15) is 10.6 Å². The highest BCUT2D eigenvalue weighted by atomic mass is 35.5. The van der Waals surface area contributed by atoms with Crippen molar-refractivity contribution in [1.29, 1.82) is 0 Å². The maximum absolute atomic E-state index is 10.4. The van der Waals surface area contributed by atoms with E-state index in [0.717, 1.165) is 5.03 Å². The molecule has 0 bridgehead atoms. The zero-order valence-corrected chi connectivity index (χ0v) is 9.09. The van der Waals surface area contributed by atoms with E-state index in [1.807, 2.05) is 0 Å². The van der Waals surface area contributed by atoms with Crippen LogP contribution in [0, 0.1) is 0 Å². The molecular weight excluding hydrogens is 234 g/mol. The summed E-state index contributed by atoms with van der Waals surface area (Å²) in [4.78, 5) is 14.5. The minimum Gasteiger partial charge on any atom is -0.447 e. The summed E-state index contributed by atoms with van der Waals surface area (Å²) in [5.41, 5.74) is 0. The quantitative estimate of drug-likeness (QED) is 0.771. The van der Waals surface area contributed by atoms with Crippen LogP contribution in [0.25, 0.3) is 0 Å². The Morgan fingerprint density at radius 1 is 1.33 bits per heavy atom. The van der Waals surface area contributed by atoms with E-state index < -0.39 is 0 Å². The van der Waals surface area contributed by atoms with Gasteiger partial charge in [-0.1, -0.05) is 11.6 Å². The third-order valence-electron chi connectivity index (χ3n) is 1.62. The van der Waals surface area contributed by atoms with Crippen LogP contribution < -0.4 is 0 Å². The third-order valence-corrected chi connectivity index (χ3v) is 2.72. The molecule has 0 fully saturated rings. The van der Waals surface area contributed by atoms with Crippen molar-refractivity contribution in [3.8, 4) is 0 Å². The van der Waals surface area contributed by atoms with Gasteiger partial charge in [-0.3, -0.25) is 4.79 Å². The lowest BCUT2D eigenvalue weighted by Crippen LogP contribution is -1.77. The van der Waals surface area contributed by atoms with Gasteiger partial charge in [0.15, 0.2) is 17.1 Å². The number of aromatic nitrogens is 1. The summed E-state index contributed by atoms with van der Waals surface area (Å²) in [5, 5.41) is 1.99. The molecule has 2 aromatic heterocycles. The number of carbonyl (C=O) groups excluding carboxylic acids is 1. The van der Waals surface area contributed by atoms with E-state index in [0.29, 0.717) is 22.2 Å². The maximum Gasteiger partial charge on any atom is 0.185 e. The molecule has 0 aliphatic carbocycles. The standard InChI is InChI=1S/C10H6ClNO2S/c11-7-1-3-9(12-5-7)15-10-4-2-8(6-13)14-10/h1-6H. The number of halogens is 1. The second-order valence-corrected chi connectivity index (χ2v) is 4.15. The Kier molecular flexibility index (Phi) is 3.08. The van der Waals surface area contributed by atoms with E-state index in [4.69, 9.17) is 16.0 Å². The molecule has 0 aliphatic rings. The highest BCUT2D eigenvalue weighted by Gasteiger charge is 2.04. The molecule has 76 valence electrons. The molecule has 3 nitrogen and oxygen atoms in total. The zero-order chi connectivity index (χ0) is 10.7. The lowest BCUT2D eigenvalue weighted by atomic mass is 10.5. The molecule has 5 heteroatoms. The smallest absolute Gasteiger partial charge is 0.185 e. The fraction of sp³-hybridized carbons (Fsp3) is 0. The van der Waals surface area contributed by atoms with E-state index in [-0.39, 0.29) is 0 Å². The fourth-order valence-corrected chi connectivity index (χ4v) is 1.81. The Balaban J connectivity index is 2.14. The molecule has 0 unspecified atom stereocenters. The van der Waals surface area contributed by atoms with Crippen LogP contribution in [0.5, 0.6) is 0 Å². The van der Waals surface area contributed by atoms with Gasteiger partial charge in [-0.2, -0.15) is 0 Å². The SMILES string of the molecule is O=Cc1ccc(Sc2ccc(Cl)cn2)o1. The molecule has 0 radical (unpaired) electrons. The van der Waals surface area contributed by atoms with E-state index in [9.17, 15) is 4.79 Å². The van der Waals surface area contributed by atoms with Crippen molar-refractivity contribution in [2.75, 3.05) is 0 Å². The summed E-state index contributed by atoms with van der Waals surface area (Å²) in [7, 11) is 0. The van der Waals surface area contributed by atoms with Gasteiger partial charge in [-0.05, 0) is 36.0 Å². The Morgan fingerprint density at radius 3 is 2.80 bits per heavy atom. The molecule has 2 heterocycles. The number of carbonyl (C=O) groups is 1. The molecule has 2 aromatic rings. The van der Waals surface area contributed by atoms with Crippen LogP contribution in [0.3, 0.4) is 0 Å². The lowest BCUT2D eigenvalue weighted by Gasteiger charge is -1.96. The Bertz CT molecular complexity index is 467. The summed E-state index contributed by atoms with van der Waals surface area (Å²) in [6.07, 6.45) is 2.23. The van der Waals surface area contributed by atoms with Crippen molar-refractivity contribution in [2.24, 2.45) is 0 Å². The lowest BCUT2D eigenvalue weighted by molar-refractivity contribution is 0.109. The van der Waals surface area contributed by atoms with Crippen molar-refractivity contribution >= 4 is 29.6 Å². The Morgan fingerprint density at radius 2 is 2.20 bits per heavy atom. The molecule has 0 aliphatic heterocycles. The average molecular weight is 240 g/mol. The first-order valence-electron chi connectivity index (χ1n) is 4.12. The third kappa shape index (κ3) is 2.61. The maximum atomic E-state index is 10.4. The normalized spacial score (nSPS) is 10.2. The summed E-state index contributed by atoms with van der Waals surface area (Å²) in [6, 6.07) is 6.88. The molecule has 0 saturated heterocycles. The second kappa shape index (κ2) is 4.51. The highest BCUT2D eigenvalue weighted by molar-refractivity contribution is 7.99. The summed E-state index contributed by atoms with van der Waals surface area (Å²) >= 11 is 7.04. The van der Waals surface area contributed by atoms with Gasteiger partial charge in [-0.25, -0.2) is 4.98 Å². The largest absolute Gasteiger partial charge is 0.447 e. The minimum absolute atomic E-state index is 0.312. The number of furan rings is 1. The first kappa shape index (κ1) is 10.3. The van der Waals surface area contributed by atoms with Gasteiger partial charge >= 0.3 is 0 Å². The number of hydrogen-bond donors (Lipinski definition) is 0. The summed E-state index contributed by atoms with van der Waals surface area (Å²) < 4.78 is 5.19.